The highest BCUT2D eigenvalue weighted by Gasteiger charge is 2.46. The van der Waals surface area contributed by atoms with E-state index in [1.165, 1.54) is 28.4 Å². The number of halogens is 1. The van der Waals surface area contributed by atoms with Gasteiger partial charge >= 0.3 is 0 Å². The van der Waals surface area contributed by atoms with E-state index in [4.69, 9.17) is 4.74 Å². The van der Waals surface area contributed by atoms with E-state index in [0.717, 1.165) is 50.9 Å². The second kappa shape index (κ2) is 5.25. The number of piperazine rings is 1. The second-order valence-corrected chi connectivity index (χ2v) is 7.80. The number of hydrogen-bond acceptors (Lipinski definition) is 3. The Morgan fingerprint density at radius 2 is 2.29 bits per heavy atom. The van der Waals surface area contributed by atoms with Crippen LogP contribution in [0.1, 0.15) is 30.9 Å². The third kappa shape index (κ3) is 2.51. The van der Waals surface area contributed by atoms with Crippen molar-refractivity contribution in [3.63, 3.8) is 0 Å². The third-order valence-electron chi connectivity index (χ3n) is 5.41. The third-order valence-corrected chi connectivity index (χ3v) is 5.87. The number of benzene rings is 1. The molecule has 1 aromatic rings. The van der Waals surface area contributed by atoms with Gasteiger partial charge in [0.2, 0.25) is 0 Å². The normalized spacial score (nSPS) is 29.2. The number of ether oxygens (including phenoxy) is 1. The second-order valence-electron chi connectivity index (χ2n) is 6.88. The summed E-state index contributed by atoms with van der Waals surface area (Å²) in [7, 11) is 0. The summed E-state index contributed by atoms with van der Waals surface area (Å²) in [5.74, 6) is 2.02. The maximum absolute atomic E-state index is 5.91. The highest BCUT2D eigenvalue weighted by atomic mass is 79.9. The zero-order chi connectivity index (χ0) is 14.4. The van der Waals surface area contributed by atoms with Gasteiger partial charge in [-0.2, -0.15) is 0 Å². The molecule has 1 atom stereocenters. The molecule has 3 nitrogen and oxygen atoms in total. The Morgan fingerprint density at radius 3 is 3.10 bits per heavy atom. The van der Waals surface area contributed by atoms with Crippen molar-refractivity contribution in [3.05, 3.63) is 27.7 Å². The van der Waals surface area contributed by atoms with E-state index in [9.17, 15) is 0 Å². The monoisotopic (exact) mass is 350 g/mol. The smallest absolute Gasteiger partial charge is 0.127 e. The van der Waals surface area contributed by atoms with Crippen molar-refractivity contribution in [2.24, 2.45) is 5.92 Å². The summed E-state index contributed by atoms with van der Waals surface area (Å²) < 4.78 is 7.09. The molecule has 1 aromatic carbocycles. The summed E-state index contributed by atoms with van der Waals surface area (Å²) in [4.78, 5) is 2.69. The fourth-order valence-corrected chi connectivity index (χ4v) is 4.51. The van der Waals surface area contributed by atoms with E-state index >= 15 is 0 Å². The highest BCUT2D eigenvalue weighted by Crippen LogP contribution is 2.45. The summed E-state index contributed by atoms with van der Waals surface area (Å²) >= 11 is 3.66. The molecular weight excluding hydrogens is 328 g/mol. The molecule has 1 aliphatic carbocycles. The zero-order valence-electron chi connectivity index (χ0n) is 12.6. The minimum atomic E-state index is 0.312. The van der Waals surface area contributed by atoms with Crippen molar-refractivity contribution in [1.82, 2.24) is 10.2 Å². The van der Waals surface area contributed by atoms with Crippen molar-refractivity contribution < 1.29 is 4.74 Å². The van der Waals surface area contributed by atoms with E-state index in [2.05, 4.69) is 45.2 Å². The Kier molecular flexibility index (Phi) is 3.51. The van der Waals surface area contributed by atoms with Crippen molar-refractivity contribution >= 4 is 15.9 Å². The summed E-state index contributed by atoms with van der Waals surface area (Å²) in [6, 6.07) is 4.46. The number of nitrogens with zero attached hydrogens (tertiary/aromatic N) is 1. The van der Waals surface area contributed by atoms with Gasteiger partial charge in [-0.3, -0.25) is 4.90 Å². The average molecular weight is 351 g/mol. The van der Waals surface area contributed by atoms with Gasteiger partial charge in [0.25, 0.3) is 0 Å². The number of fused-ring (bicyclic) bond motifs is 1. The van der Waals surface area contributed by atoms with Gasteiger partial charge in [-0.1, -0.05) is 15.9 Å². The van der Waals surface area contributed by atoms with Gasteiger partial charge < -0.3 is 10.1 Å². The lowest BCUT2D eigenvalue weighted by molar-refractivity contribution is 0.0477. The molecule has 0 bridgehead atoms. The molecule has 0 radical (unpaired) electrons. The maximum Gasteiger partial charge on any atom is 0.127 e. The van der Waals surface area contributed by atoms with Crippen molar-refractivity contribution in [2.75, 3.05) is 26.2 Å². The molecule has 1 unspecified atom stereocenters. The molecule has 1 saturated heterocycles. The van der Waals surface area contributed by atoms with E-state index in [-0.39, 0.29) is 0 Å². The van der Waals surface area contributed by atoms with Crippen LogP contribution in [0.4, 0.5) is 0 Å². The molecule has 21 heavy (non-hydrogen) atoms. The average Bonchev–Trinajstić information content (AvgIpc) is 3.21. The van der Waals surface area contributed by atoms with Gasteiger partial charge in [-0.15, -0.1) is 0 Å². The van der Waals surface area contributed by atoms with E-state index in [0.29, 0.717) is 5.54 Å². The first-order valence-electron chi connectivity index (χ1n) is 8.07. The molecule has 0 aromatic heterocycles. The van der Waals surface area contributed by atoms with E-state index < -0.39 is 0 Å². The first kappa shape index (κ1) is 14.0. The first-order chi connectivity index (χ1) is 10.2. The van der Waals surface area contributed by atoms with Crippen LogP contribution in [0.25, 0.3) is 0 Å². The summed E-state index contributed by atoms with van der Waals surface area (Å²) in [6.45, 7) is 7.63. The largest absolute Gasteiger partial charge is 0.493 e. The molecule has 0 spiro atoms. The van der Waals surface area contributed by atoms with Crippen molar-refractivity contribution in [1.29, 1.82) is 0 Å². The molecule has 4 heteroatoms. The lowest BCUT2D eigenvalue weighted by Crippen LogP contribution is -2.60. The van der Waals surface area contributed by atoms with Crippen LogP contribution in [0.15, 0.2) is 16.6 Å². The zero-order valence-corrected chi connectivity index (χ0v) is 14.2. The Morgan fingerprint density at radius 1 is 1.43 bits per heavy atom. The number of nitrogens with one attached hydrogen (secondary N) is 1. The summed E-state index contributed by atoms with van der Waals surface area (Å²) in [5, 5.41) is 3.59. The Bertz CT molecular complexity index is 558. The standard InChI is InChI=1S/C17H23BrN2O/c1-17(14-2-3-14)11-19-5-6-20(17)10-13-9-15(18)8-12-4-7-21-16(12)13/h8-9,14,19H,2-7,10-11H2,1H3. The molecule has 1 N–H and O–H groups in total. The highest BCUT2D eigenvalue weighted by molar-refractivity contribution is 9.10. The molecule has 3 aliphatic rings. The number of rotatable bonds is 3. The SMILES string of the molecule is CC1(C2CC2)CNCCN1Cc1cc(Br)cc2c1OCC2. The van der Waals surface area contributed by atoms with Crippen LogP contribution in [0.2, 0.25) is 0 Å². The van der Waals surface area contributed by atoms with E-state index in [1.54, 1.807) is 0 Å². The van der Waals surface area contributed by atoms with Crippen LogP contribution in [0, 0.1) is 5.92 Å². The minimum absolute atomic E-state index is 0.312. The van der Waals surface area contributed by atoms with E-state index in [1.807, 2.05) is 0 Å². The fourth-order valence-electron chi connectivity index (χ4n) is 3.96. The van der Waals surface area contributed by atoms with Crippen LogP contribution in [-0.4, -0.2) is 36.7 Å². The van der Waals surface area contributed by atoms with Gasteiger partial charge in [-0.25, -0.2) is 0 Å². The maximum atomic E-state index is 5.91. The minimum Gasteiger partial charge on any atom is -0.493 e. The van der Waals surface area contributed by atoms with Crippen LogP contribution in [0.3, 0.4) is 0 Å². The summed E-state index contributed by atoms with van der Waals surface area (Å²) in [6.07, 6.45) is 3.83. The van der Waals surface area contributed by atoms with Gasteiger partial charge in [-0.05, 0) is 43.4 Å². The van der Waals surface area contributed by atoms with Crippen LogP contribution < -0.4 is 10.1 Å². The Hall–Kier alpha value is -0.580. The van der Waals surface area contributed by atoms with Gasteiger partial charge in [0.1, 0.15) is 5.75 Å². The first-order valence-corrected chi connectivity index (χ1v) is 8.86. The predicted octanol–water partition coefficient (Wildman–Crippen LogP) is 2.96. The molecule has 2 fully saturated rings. The molecule has 2 aliphatic heterocycles. The summed E-state index contributed by atoms with van der Waals surface area (Å²) in [5.41, 5.74) is 3.03. The molecular formula is C17H23BrN2O. The molecule has 114 valence electrons. The quantitative estimate of drug-likeness (QED) is 0.906. The lowest BCUT2D eigenvalue weighted by atomic mass is 9.90. The topological polar surface area (TPSA) is 24.5 Å². The fraction of sp³-hybridized carbons (Fsp3) is 0.647. The van der Waals surface area contributed by atoms with Crippen LogP contribution in [0.5, 0.6) is 5.75 Å². The molecule has 4 rings (SSSR count). The molecule has 2 heterocycles. The Balaban J connectivity index is 1.63. The molecule has 0 amide bonds. The van der Waals surface area contributed by atoms with Crippen molar-refractivity contribution in [3.8, 4) is 5.75 Å². The number of hydrogen-bond donors (Lipinski definition) is 1. The van der Waals surface area contributed by atoms with Gasteiger partial charge in [0.05, 0.1) is 6.61 Å². The van der Waals surface area contributed by atoms with Gasteiger partial charge in [0, 0.05) is 48.2 Å². The van der Waals surface area contributed by atoms with Gasteiger partial charge in [0.15, 0.2) is 0 Å². The molecule has 1 saturated carbocycles. The van der Waals surface area contributed by atoms with Crippen LogP contribution >= 0.6 is 15.9 Å². The van der Waals surface area contributed by atoms with Crippen LogP contribution in [-0.2, 0) is 13.0 Å². The van der Waals surface area contributed by atoms with Crippen molar-refractivity contribution in [2.45, 2.75) is 38.3 Å². The Labute approximate surface area is 135 Å². The lowest BCUT2D eigenvalue weighted by Gasteiger charge is -2.46. The predicted molar refractivity (Wildman–Crippen MR) is 87.7 cm³/mol.